The molecule has 0 aliphatic carbocycles. The molecule has 0 bridgehead atoms. The summed E-state index contributed by atoms with van der Waals surface area (Å²) in [5.41, 5.74) is 6.68. The van der Waals surface area contributed by atoms with E-state index in [4.69, 9.17) is 5.73 Å². The highest BCUT2D eigenvalue weighted by atomic mass is 32.2. The van der Waals surface area contributed by atoms with Crippen molar-refractivity contribution < 1.29 is 13.2 Å². The number of aryl methyl sites for hydroxylation is 1. The highest BCUT2D eigenvalue weighted by Gasteiger charge is 2.18. The summed E-state index contributed by atoms with van der Waals surface area (Å²) in [6.45, 7) is 2.99. The fourth-order valence-corrected chi connectivity index (χ4v) is 3.26. The van der Waals surface area contributed by atoms with E-state index in [-0.39, 0.29) is 10.8 Å². The molecule has 1 aromatic heterocycles. The average Bonchev–Trinajstić information content (AvgIpc) is 3.02. The fraction of sp³-hybridized carbons (Fsp3) is 0.312. The Balaban J connectivity index is 2.11. The largest absolute Gasteiger partial charge is 0.352 e. The van der Waals surface area contributed by atoms with E-state index in [1.807, 2.05) is 6.92 Å². The monoisotopic (exact) mass is 335 g/mol. The molecule has 0 spiro atoms. The minimum absolute atomic E-state index is 0.189. The molecule has 3 N–H and O–H groups in total. The third-order valence-corrected chi connectivity index (χ3v) is 5.09. The molecule has 124 valence electrons. The van der Waals surface area contributed by atoms with Gasteiger partial charge in [0, 0.05) is 18.9 Å². The lowest BCUT2D eigenvalue weighted by Gasteiger charge is -2.06. The van der Waals surface area contributed by atoms with E-state index in [1.54, 1.807) is 24.3 Å². The predicted octanol–water partition coefficient (Wildman–Crippen LogP) is 1.50. The van der Waals surface area contributed by atoms with Crippen LogP contribution < -0.4 is 11.1 Å². The van der Waals surface area contributed by atoms with Gasteiger partial charge in [0.1, 0.15) is 0 Å². The molecular weight excluding hydrogens is 314 g/mol. The third kappa shape index (κ3) is 4.20. The molecule has 2 aromatic rings. The second-order valence-electron chi connectivity index (χ2n) is 5.30. The van der Waals surface area contributed by atoms with E-state index in [9.17, 15) is 13.2 Å². The molecule has 1 heterocycles. The van der Waals surface area contributed by atoms with Gasteiger partial charge in [-0.05, 0) is 44.5 Å². The standard InChI is InChI=1S/C16H21N3O3S/c1-13-4-6-15(7-5-13)23(21,22)19-11-8-14(12-19)16(20)18-10-3-2-9-17/h4-8,11-12H,2-3,9-10,17H2,1H3,(H,18,20). The molecule has 0 aliphatic rings. The molecule has 0 saturated carbocycles. The van der Waals surface area contributed by atoms with E-state index in [1.165, 1.54) is 18.5 Å². The van der Waals surface area contributed by atoms with Crippen LogP contribution >= 0.6 is 0 Å². The van der Waals surface area contributed by atoms with Crippen LogP contribution in [0, 0.1) is 6.92 Å². The predicted molar refractivity (Wildman–Crippen MR) is 88.8 cm³/mol. The van der Waals surface area contributed by atoms with Gasteiger partial charge in [-0.15, -0.1) is 0 Å². The zero-order valence-electron chi connectivity index (χ0n) is 13.0. The zero-order chi connectivity index (χ0) is 16.9. The van der Waals surface area contributed by atoms with E-state index in [0.29, 0.717) is 18.7 Å². The van der Waals surface area contributed by atoms with Crippen molar-refractivity contribution in [3.05, 3.63) is 53.9 Å². The van der Waals surface area contributed by atoms with Crippen molar-refractivity contribution in [3.63, 3.8) is 0 Å². The van der Waals surface area contributed by atoms with Crippen LogP contribution in [0.3, 0.4) is 0 Å². The Bertz CT molecular complexity index is 764. The number of carbonyl (C=O) groups is 1. The Morgan fingerprint density at radius 1 is 1.17 bits per heavy atom. The van der Waals surface area contributed by atoms with Crippen molar-refractivity contribution in [1.82, 2.24) is 9.29 Å². The van der Waals surface area contributed by atoms with Gasteiger partial charge >= 0.3 is 0 Å². The lowest BCUT2D eigenvalue weighted by molar-refractivity contribution is 0.0953. The molecule has 0 aliphatic heterocycles. The fourth-order valence-electron chi connectivity index (χ4n) is 2.07. The minimum Gasteiger partial charge on any atom is -0.352 e. The van der Waals surface area contributed by atoms with Gasteiger partial charge in [0.2, 0.25) is 0 Å². The van der Waals surface area contributed by atoms with Crippen LogP contribution in [-0.4, -0.2) is 31.4 Å². The maximum atomic E-state index is 12.5. The second kappa shape index (κ2) is 7.43. The highest BCUT2D eigenvalue weighted by molar-refractivity contribution is 7.90. The molecule has 23 heavy (non-hydrogen) atoms. The number of aromatic nitrogens is 1. The van der Waals surface area contributed by atoms with Gasteiger partial charge in [-0.3, -0.25) is 4.79 Å². The lowest BCUT2D eigenvalue weighted by atomic mass is 10.2. The maximum absolute atomic E-state index is 12.5. The summed E-state index contributed by atoms with van der Waals surface area (Å²) in [7, 11) is -3.68. The summed E-state index contributed by atoms with van der Waals surface area (Å²) < 4.78 is 26.1. The van der Waals surface area contributed by atoms with Crippen molar-refractivity contribution >= 4 is 15.9 Å². The van der Waals surface area contributed by atoms with Gasteiger partial charge in [0.25, 0.3) is 15.9 Å². The van der Waals surface area contributed by atoms with Crippen molar-refractivity contribution in [2.24, 2.45) is 5.73 Å². The Morgan fingerprint density at radius 3 is 2.52 bits per heavy atom. The van der Waals surface area contributed by atoms with Gasteiger partial charge in [0.05, 0.1) is 10.5 Å². The highest BCUT2D eigenvalue weighted by Crippen LogP contribution is 2.16. The summed E-state index contributed by atoms with van der Waals surface area (Å²) in [5, 5.41) is 2.74. The third-order valence-electron chi connectivity index (χ3n) is 3.44. The van der Waals surface area contributed by atoms with Crippen LogP contribution in [0.5, 0.6) is 0 Å². The number of hydrogen-bond acceptors (Lipinski definition) is 4. The molecule has 0 saturated heterocycles. The summed E-state index contributed by atoms with van der Waals surface area (Å²) in [6, 6.07) is 8.07. The number of rotatable bonds is 7. The van der Waals surface area contributed by atoms with Crippen LogP contribution in [0.4, 0.5) is 0 Å². The molecule has 2 rings (SSSR count). The molecule has 0 fully saturated rings. The van der Waals surface area contributed by atoms with E-state index < -0.39 is 10.0 Å². The van der Waals surface area contributed by atoms with Crippen molar-refractivity contribution in [2.45, 2.75) is 24.7 Å². The number of carbonyl (C=O) groups excluding carboxylic acids is 1. The zero-order valence-corrected chi connectivity index (χ0v) is 13.8. The van der Waals surface area contributed by atoms with E-state index in [0.717, 1.165) is 22.4 Å². The van der Waals surface area contributed by atoms with E-state index in [2.05, 4.69) is 5.32 Å². The van der Waals surface area contributed by atoms with Crippen molar-refractivity contribution in [3.8, 4) is 0 Å². The van der Waals surface area contributed by atoms with Gasteiger partial charge < -0.3 is 11.1 Å². The number of benzene rings is 1. The normalized spacial score (nSPS) is 11.4. The Kier molecular flexibility index (Phi) is 5.57. The minimum atomic E-state index is -3.68. The first kappa shape index (κ1) is 17.2. The van der Waals surface area contributed by atoms with Crippen LogP contribution in [0.25, 0.3) is 0 Å². The molecular formula is C16H21N3O3S. The molecule has 0 radical (unpaired) electrons. The number of nitrogens with zero attached hydrogens (tertiary/aromatic N) is 1. The lowest BCUT2D eigenvalue weighted by Crippen LogP contribution is -2.24. The summed E-state index contributed by atoms with van der Waals surface area (Å²) in [6.07, 6.45) is 4.34. The smallest absolute Gasteiger partial charge is 0.267 e. The Morgan fingerprint density at radius 2 is 1.87 bits per heavy atom. The van der Waals surface area contributed by atoms with Crippen molar-refractivity contribution in [1.29, 1.82) is 0 Å². The van der Waals surface area contributed by atoms with Gasteiger partial charge in [-0.2, -0.15) is 0 Å². The molecule has 1 aromatic carbocycles. The number of hydrogen-bond donors (Lipinski definition) is 2. The molecule has 7 heteroatoms. The van der Waals surface area contributed by atoms with Crippen LogP contribution in [0.15, 0.2) is 47.6 Å². The summed E-state index contributed by atoms with van der Waals surface area (Å²) in [5.74, 6) is -0.292. The molecule has 1 amide bonds. The first-order valence-electron chi connectivity index (χ1n) is 7.43. The average molecular weight is 335 g/mol. The summed E-state index contributed by atoms with van der Waals surface area (Å²) in [4.78, 5) is 12.2. The van der Waals surface area contributed by atoms with Crippen molar-refractivity contribution in [2.75, 3.05) is 13.1 Å². The van der Waals surface area contributed by atoms with Crippen LogP contribution in [0.2, 0.25) is 0 Å². The van der Waals surface area contributed by atoms with Crippen LogP contribution in [0.1, 0.15) is 28.8 Å². The van der Waals surface area contributed by atoms with Gasteiger partial charge in [0.15, 0.2) is 0 Å². The topological polar surface area (TPSA) is 94.2 Å². The number of nitrogens with two attached hydrogens (primary N) is 1. The first-order valence-corrected chi connectivity index (χ1v) is 8.87. The van der Waals surface area contributed by atoms with Gasteiger partial charge in [-0.1, -0.05) is 17.7 Å². The SMILES string of the molecule is Cc1ccc(S(=O)(=O)n2ccc(C(=O)NCCCCN)c2)cc1. The number of unbranched alkanes of at least 4 members (excludes halogenated alkanes) is 1. The number of amides is 1. The second-order valence-corrected chi connectivity index (χ2v) is 7.14. The van der Waals surface area contributed by atoms with Crippen LogP contribution in [-0.2, 0) is 10.0 Å². The quantitative estimate of drug-likeness (QED) is 0.750. The molecule has 0 atom stereocenters. The molecule has 0 unspecified atom stereocenters. The van der Waals surface area contributed by atoms with Gasteiger partial charge in [-0.25, -0.2) is 12.4 Å². The Hall–Kier alpha value is -2.12. The summed E-state index contributed by atoms with van der Waals surface area (Å²) >= 11 is 0. The number of nitrogens with one attached hydrogen (secondary N) is 1. The Labute approximate surface area is 136 Å². The van der Waals surface area contributed by atoms with E-state index >= 15 is 0 Å². The first-order chi connectivity index (χ1) is 10.9. The maximum Gasteiger partial charge on any atom is 0.267 e. The molecule has 6 nitrogen and oxygen atoms in total.